The summed E-state index contributed by atoms with van der Waals surface area (Å²) in [5.41, 5.74) is 1.42. The Morgan fingerprint density at radius 1 is 0.974 bits per heavy atom. The lowest BCUT2D eigenvalue weighted by atomic mass is 9.83. The molecule has 2 N–H and O–H groups in total. The van der Waals surface area contributed by atoms with E-state index in [1.165, 1.54) is 0 Å². The number of aromatic nitrogens is 2. The molecule has 1 unspecified atom stereocenters. The van der Waals surface area contributed by atoms with Crippen molar-refractivity contribution in [1.29, 1.82) is 0 Å². The third kappa shape index (κ3) is 5.04. The summed E-state index contributed by atoms with van der Waals surface area (Å²) in [4.78, 5) is 30.1. The van der Waals surface area contributed by atoms with Crippen molar-refractivity contribution in [3.05, 3.63) is 53.1 Å². The smallest absolute Gasteiger partial charge is 0.303 e. The Kier molecular flexibility index (Phi) is 7.08. The Balaban J connectivity index is 1.41. The molecule has 3 aromatic rings. The van der Waals surface area contributed by atoms with Gasteiger partial charge in [0.25, 0.3) is 0 Å². The molecule has 3 aliphatic carbocycles. The summed E-state index contributed by atoms with van der Waals surface area (Å²) >= 11 is 6.15. The van der Waals surface area contributed by atoms with Gasteiger partial charge in [-0.25, -0.2) is 13.8 Å². The van der Waals surface area contributed by atoms with Crippen molar-refractivity contribution in [1.82, 2.24) is 14.9 Å². The Bertz CT molecular complexity index is 1380. The number of rotatable bonds is 7. The second kappa shape index (κ2) is 10.5. The maximum absolute atomic E-state index is 14.6. The van der Waals surface area contributed by atoms with Crippen LogP contribution in [0.4, 0.5) is 8.78 Å². The van der Waals surface area contributed by atoms with E-state index >= 15 is 0 Å². The third-order valence-corrected chi connectivity index (χ3v) is 9.56. The molecule has 3 saturated carbocycles. The Morgan fingerprint density at radius 2 is 1.59 bits per heavy atom. The molecule has 1 amide bonds. The monoisotopic (exact) mass is 555 g/mol. The largest absolute Gasteiger partial charge is 0.481 e. The van der Waals surface area contributed by atoms with Crippen LogP contribution in [0.1, 0.15) is 63.8 Å². The minimum Gasteiger partial charge on any atom is -0.481 e. The fourth-order valence-electron chi connectivity index (χ4n) is 7.50. The van der Waals surface area contributed by atoms with Crippen molar-refractivity contribution in [2.24, 2.45) is 23.7 Å². The summed E-state index contributed by atoms with van der Waals surface area (Å²) in [6.45, 7) is 0. The maximum Gasteiger partial charge on any atom is 0.303 e. The first-order valence-corrected chi connectivity index (χ1v) is 14.3. The van der Waals surface area contributed by atoms with Crippen LogP contribution < -0.4 is 5.32 Å². The van der Waals surface area contributed by atoms with E-state index < -0.39 is 23.6 Å². The van der Waals surface area contributed by atoms with E-state index in [0.717, 1.165) is 63.5 Å². The highest BCUT2D eigenvalue weighted by Crippen LogP contribution is 2.55. The molecule has 1 heterocycles. The van der Waals surface area contributed by atoms with Crippen molar-refractivity contribution in [2.75, 3.05) is 0 Å². The van der Waals surface area contributed by atoms with Crippen LogP contribution in [-0.2, 0) is 9.59 Å². The van der Waals surface area contributed by atoms with E-state index in [1.807, 2.05) is 16.7 Å². The number of nitrogens with one attached hydrogen (secondary N) is 1. The van der Waals surface area contributed by atoms with Gasteiger partial charge in [-0.2, -0.15) is 0 Å². The van der Waals surface area contributed by atoms with Gasteiger partial charge in [0, 0.05) is 35.2 Å². The standard InChI is InChI=1S/C30H32ClF2N3O3/c31-20-9-7-19(8-10-20)29-35-24-14-22(32)23(33)15-25(24)36(29)28(27-17-3-4-18(27)6-5-17)30(39)34-21-11-1-16(2-12-21)13-26(37)38/h7-10,14-18,21,27-28H,1-6,11-13H2,(H,34,39)(H,37,38)/t16-,17?,18?,21-,27?,28?. The lowest BCUT2D eigenvalue weighted by Crippen LogP contribution is -2.44. The molecule has 3 fully saturated rings. The number of hydrogen-bond acceptors (Lipinski definition) is 3. The van der Waals surface area contributed by atoms with Crippen molar-refractivity contribution >= 4 is 34.5 Å². The molecule has 2 aromatic carbocycles. The van der Waals surface area contributed by atoms with Gasteiger partial charge in [0.15, 0.2) is 11.6 Å². The molecular formula is C30H32ClF2N3O3. The number of amides is 1. The van der Waals surface area contributed by atoms with Crippen LogP contribution in [0.5, 0.6) is 0 Å². The highest BCUT2D eigenvalue weighted by molar-refractivity contribution is 6.30. The van der Waals surface area contributed by atoms with Gasteiger partial charge in [0.1, 0.15) is 11.9 Å². The number of carboxylic acids is 1. The van der Waals surface area contributed by atoms with Gasteiger partial charge in [-0.15, -0.1) is 0 Å². The average molecular weight is 556 g/mol. The Labute approximate surface area is 230 Å². The van der Waals surface area contributed by atoms with Crippen LogP contribution in [-0.4, -0.2) is 32.6 Å². The predicted octanol–water partition coefficient (Wildman–Crippen LogP) is 6.76. The normalized spacial score (nSPS) is 27.1. The zero-order valence-electron chi connectivity index (χ0n) is 21.6. The van der Waals surface area contributed by atoms with Crippen molar-refractivity contribution < 1.29 is 23.5 Å². The summed E-state index contributed by atoms with van der Waals surface area (Å²) < 4.78 is 30.8. The van der Waals surface area contributed by atoms with Gasteiger partial charge in [-0.05, 0) is 99.3 Å². The number of imidazole rings is 1. The lowest BCUT2D eigenvalue weighted by molar-refractivity contribution is -0.138. The highest BCUT2D eigenvalue weighted by Gasteiger charge is 2.49. The SMILES string of the molecule is O=C(O)C[C@H]1CC[C@H](NC(=O)C(C2C3CCC2CC3)n2c(-c3ccc(Cl)cc3)nc3cc(F)c(F)cc32)CC1. The first kappa shape index (κ1) is 26.2. The molecule has 1 atom stereocenters. The number of hydrogen-bond donors (Lipinski definition) is 2. The molecule has 39 heavy (non-hydrogen) atoms. The van der Waals surface area contributed by atoms with Gasteiger partial charge >= 0.3 is 5.97 Å². The van der Waals surface area contributed by atoms with Crippen LogP contribution in [0.2, 0.25) is 5.02 Å². The molecule has 0 saturated heterocycles. The number of carbonyl (C=O) groups excluding carboxylic acids is 1. The maximum atomic E-state index is 14.6. The van der Waals surface area contributed by atoms with Crippen molar-refractivity contribution in [3.8, 4) is 11.4 Å². The minimum atomic E-state index is -0.977. The molecule has 0 spiro atoms. The summed E-state index contributed by atoms with van der Waals surface area (Å²) in [6, 6.07) is 8.70. The second-order valence-electron chi connectivity index (χ2n) is 11.6. The topological polar surface area (TPSA) is 84.2 Å². The minimum absolute atomic E-state index is 0.0490. The molecule has 2 bridgehead atoms. The zero-order valence-corrected chi connectivity index (χ0v) is 22.3. The molecule has 6 nitrogen and oxygen atoms in total. The van der Waals surface area contributed by atoms with Crippen LogP contribution in [0.25, 0.3) is 22.4 Å². The number of benzene rings is 2. The first-order chi connectivity index (χ1) is 18.8. The molecule has 3 aliphatic rings. The fourth-order valence-corrected chi connectivity index (χ4v) is 7.62. The van der Waals surface area contributed by atoms with Crippen LogP contribution >= 0.6 is 11.6 Å². The number of aliphatic carboxylic acids is 1. The van der Waals surface area contributed by atoms with E-state index in [2.05, 4.69) is 5.32 Å². The number of nitrogens with zero attached hydrogens (tertiary/aromatic N) is 2. The molecule has 0 aliphatic heterocycles. The van der Waals surface area contributed by atoms with Crippen molar-refractivity contribution in [3.63, 3.8) is 0 Å². The van der Waals surface area contributed by atoms with Gasteiger partial charge < -0.3 is 15.0 Å². The fraction of sp³-hybridized carbons (Fsp3) is 0.500. The molecule has 9 heteroatoms. The van der Waals surface area contributed by atoms with E-state index in [1.54, 1.807) is 12.1 Å². The van der Waals surface area contributed by atoms with Gasteiger partial charge in [-0.1, -0.05) is 11.6 Å². The Morgan fingerprint density at radius 3 is 2.21 bits per heavy atom. The lowest BCUT2D eigenvalue weighted by Gasteiger charge is -2.33. The Hall–Kier alpha value is -3.00. The van der Waals surface area contributed by atoms with Crippen LogP contribution in [0.3, 0.4) is 0 Å². The summed E-state index contributed by atoms with van der Waals surface area (Å²) in [5, 5.41) is 13.0. The van der Waals surface area contributed by atoms with E-state index in [0.29, 0.717) is 39.3 Å². The van der Waals surface area contributed by atoms with E-state index in [-0.39, 0.29) is 30.2 Å². The molecule has 1 aromatic heterocycles. The van der Waals surface area contributed by atoms with Gasteiger partial charge in [0.05, 0.1) is 11.0 Å². The number of fused-ring (bicyclic) bond motifs is 3. The van der Waals surface area contributed by atoms with Crippen molar-refractivity contribution in [2.45, 2.75) is 69.9 Å². The molecule has 0 radical (unpaired) electrons. The molecular weight excluding hydrogens is 524 g/mol. The number of halogens is 3. The highest BCUT2D eigenvalue weighted by atomic mass is 35.5. The van der Waals surface area contributed by atoms with Gasteiger partial charge in [-0.3, -0.25) is 9.59 Å². The molecule has 206 valence electrons. The van der Waals surface area contributed by atoms with Crippen LogP contribution in [0, 0.1) is 35.3 Å². The zero-order chi connectivity index (χ0) is 27.3. The third-order valence-electron chi connectivity index (χ3n) is 9.31. The summed E-state index contributed by atoms with van der Waals surface area (Å²) in [5.74, 6) is -1.40. The van der Waals surface area contributed by atoms with E-state index in [4.69, 9.17) is 21.7 Å². The average Bonchev–Trinajstić information content (AvgIpc) is 3.60. The van der Waals surface area contributed by atoms with Gasteiger partial charge in [0.2, 0.25) is 5.91 Å². The van der Waals surface area contributed by atoms with Crippen LogP contribution in [0.15, 0.2) is 36.4 Å². The second-order valence-corrected chi connectivity index (χ2v) is 12.0. The first-order valence-electron chi connectivity index (χ1n) is 13.9. The summed E-state index contributed by atoms with van der Waals surface area (Å²) in [7, 11) is 0. The quantitative estimate of drug-likeness (QED) is 0.337. The van der Waals surface area contributed by atoms with E-state index in [9.17, 15) is 18.4 Å². The number of carbonyl (C=O) groups is 2. The predicted molar refractivity (Wildman–Crippen MR) is 144 cm³/mol. The number of carboxylic acid groups (broad SMARTS) is 1. The molecule has 6 rings (SSSR count). The summed E-state index contributed by atoms with van der Waals surface area (Å²) in [6.07, 6.45) is 7.36.